The van der Waals surface area contributed by atoms with Crippen molar-refractivity contribution in [1.82, 2.24) is 15.0 Å². The van der Waals surface area contributed by atoms with E-state index < -0.39 is 6.04 Å². The van der Waals surface area contributed by atoms with Crippen LogP contribution in [0.15, 0.2) is 91.3 Å². The van der Waals surface area contributed by atoms with Crippen LogP contribution in [0.25, 0.3) is 11.0 Å². The summed E-state index contributed by atoms with van der Waals surface area (Å²) >= 11 is 0. The molecule has 8 nitrogen and oxygen atoms in total. The Labute approximate surface area is 271 Å². The van der Waals surface area contributed by atoms with Gasteiger partial charge in [0.1, 0.15) is 18.1 Å². The van der Waals surface area contributed by atoms with Crippen LogP contribution in [-0.2, 0) is 32.1 Å². The summed E-state index contributed by atoms with van der Waals surface area (Å²) in [5.74, 6) is 0.487. The minimum absolute atomic E-state index is 0. The maximum absolute atomic E-state index is 12.7. The molecule has 1 atom stereocenters. The number of Topliss-reactive ketones (excluding diaryl/α,β-unsaturated/α-hetero) is 1. The Hall–Kier alpha value is -4.30. The van der Waals surface area contributed by atoms with Gasteiger partial charge in [-0.1, -0.05) is 122 Å². The highest BCUT2D eigenvalue weighted by molar-refractivity contribution is 5.90. The number of ketones is 1. The molecule has 1 amide bonds. The second-order valence-corrected chi connectivity index (χ2v) is 9.85. The molecule has 4 rings (SSSR count). The monoisotopic (exact) mass is 621 g/mol. The summed E-state index contributed by atoms with van der Waals surface area (Å²) < 4.78 is 6.41. The zero-order valence-electron chi connectivity index (χ0n) is 27.7. The summed E-state index contributed by atoms with van der Waals surface area (Å²) in [6, 6.07) is 26.6. The molecule has 4 aromatic rings. The highest BCUT2D eigenvalue weighted by Gasteiger charge is 2.21. The average Bonchev–Trinajstić information content (AvgIpc) is 3.45. The first-order valence-electron chi connectivity index (χ1n) is 15.1. The molecule has 0 spiro atoms. The fourth-order valence-corrected chi connectivity index (χ4v) is 3.41. The molecule has 0 aliphatic carbocycles. The minimum atomic E-state index is -0.625. The Morgan fingerprint density at radius 1 is 0.889 bits per heavy atom. The van der Waals surface area contributed by atoms with Gasteiger partial charge in [0.05, 0.1) is 18.2 Å². The third-order valence-corrected chi connectivity index (χ3v) is 5.25. The number of aldehydes is 1. The van der Waals surface area contributed by atoms with Crippen LogP contribution in [0, 0.1) is 5.92 Å². The van der Waals surface area contributed by atoms with E-state index in [0.29, 0.717) is 19.4 Å². The summed E-state index contributed by atoms with van der Waals surface area (Å²) in [6.45, 7) is 14.3. The van der Waals surface area contributed by atoms with Crippen LogP contribution in [0.3, 0.4) is 0 Å². The van der Waals surface area contributed by atoms with Crippen LogP contribution in [0.4, 0.5) is 0 Å². The van der Waals surface area contributed by atoms with Crippen molar-refractivity contribution in [2.75, 3.05) is 13.7 Å². The van der Waals surface area contributed by atoms with Crippen molar-refractivity contribution in [2.24, 2.45) is 5.92 Å². The van der Waals surface area contributed by atoms with Gasteiger partial charge in [-0.2, -0.15) is 4.73 Å². The average molecular weight is 622 g/mol. The largest absolute Gasteiger partial charge is 0.404 e. The van der Waals surface area contributed by atoms with Crippen LogP contribution < -0.4 is 10.2 Å². The molecule has 1 heterocycles. The smallest absolute Gasteiger partial charge is 0.220 e. The number of nitrogens with zero attached hydrogens (tertiary/aromatic N) is 2. The van der Waals surface area contributed by atoms with Crippen LogP contribution >= 0.6 is 0 Å². The molecule has 0 aliphatic rings. The van der Waals surface area contributed by atoms with Gasteiger partial charge in [0.2, 0.25) is 5.91 Å². The van der Waals surface area contributed by atoms with E-state index in [-0.39, 0.29) is 25.7 Å². The Morgan fingerprint density at radius 2 is 1.38 bits per heavy atom. The number of hydrogen-bond donors (Lipinski definition) is 1. The lowest BCUT2D eigenvalue weighted by Crippen LogP contribution is -2.44. The van der Waals surface area contributed by atoms with E-state index in [1.807, 2.05) is 98.8 Å². The number of carbonyl (C=O) groups is 3. The zero-order valence-corrected chi connectivity index (χ0v) is 27.7. The number of methoxy groups -OCH3 is 1. The molecule has 0 saturated carbocycles. The van der Waals surface area contributed by atoms with Crippen molar-refractivity contribution < 1.29 is 24.0 Å². The van der Waals surface area contributed by atoms with Crippen molar-refractivity contribution in [1.29, 1.82) is 0 Å². The standard InChI is InChI=1S/C20H21N3O3.C8H10O.C4H10.C2H4O.C2H6.CH4/c1-2-20(25)22-17(12-15-8-4-3-5-9-15)19(24)13-26-23-14-21-16-10-6-7-11-18(16)23;1-9-7-8-5-3-2-4-6-8;1-4(2)3;1-2-3;1-2;/h3-11,14,17H,2,12-13H2,1H3,(H,22,25);2-6H,7H2,1H3;4H,1-3H3;2H,1H3;1-2H3;1H4. The number of ether oxygens (including phenoxy) is 1. The van der Waals surface area contributed by atoms with Crippen LogP contribution in [0.2, 0.25) is 0 Å². The highest BCUT2D eigenvalue weighted by atomic mass is 16.7. The maximum Gasteiger partial charge on any atom is 0.220 e. The Kier molecular flexibility index (Phi) is 25.9. The molecule has 8 heteroatoms. The van der Waals surface area contributed by atoms with Gasteiger partial charge in [-0.25, -0.2) is 4.98 Å². The molecule has 248 valence electrons. The molecule has 1 aromatic heterocycles. The number of benzene rings is 3. The minimum Gasteiger partial charge on any atom is -0.404 e. The molecule has 0 radical (unpaired) electrons. The predicted octanol–water partition coefficient (Wildman–Crippen LogP) is 7.53. The van der Waals surface area contributed by atoms with Gasteiger partial charge in [-0.3, -0.25) is 9.59 Å². The molecule has 0 saturated heterocycles. The van der Waals surface area contributed by atoms with Gasteiger partial charge in [-0.05, 0) is 42.5 Å². The van der Waals surface area contributed by atoms with Gasteiger partial charge >= 0.3 is 0 Å². The van der Waals surface area contributed by atoms with E-state index in [0.717, 1.165) is 28.8 Å². The number of nitrogens with one attached hydrogen (secondary N) is 1. The quantitative estimate of drug-likeness (QED) is 0.184. The number of rotatable bonds is 10. The van der Waals surface area contributed by atoms with Gasteiger partial charge in [-0.15, -0.1) is 0 Å². The van der Waals surface area contributed by atoms with E-state index in [2.05, 4.69) is 31.1 Å². The molecular formula is C37H55N3O5. The topological polar surface area (TPSA) is 99.5 Å². The molecule has 0 fully saturated rings. The first kappa shape index (κ1) is 42.8. The first-order chi connectivity index (χ1) is 21.2. The molecule has 0 aliphatic heterocycles. The molecule has 0 bridgehead atoms. The number of aromatic nitrogens is 2. The van der Waals surface area contributed by atoms with Crippen molar-refractivity contribution >= 4 is 29.0 Å². The third-order valence-electron chi connectivity index (χ3n) is 5.25. The number of carbonyl (C=O) groups excluding carboxylic acids is 3. The Bertz CT molecular complexity index is 1290. The molecular weight excluding hydrogens is 566 g/mol. The van der Waals surface area contributed by atoms with Crippen molar-refractivity contribution in [3.8, 4) is 0 Å². The molecule has 1 N–H and O–H groups in total. The van der Waals surface area contributed by atoms with Crippen molar-refractivity contribution in [3.05, 3.63) is 102 Å². The van der Waals surface area contributed by atoms with Gasteiger partial charge in [0.15, 0.2) is 12.4 Å². The summed E-state index contributed by atoms with van der Waals surface area (Å²) in [5.41, 5.74) is 3.79. The normalized spacial score (nSPS) is 9.98. The van der Waals surface area contributed by atoms with Crippen LogP contribution in [-0.4, -0.2) is 47.4 Å². The Morgan fingerprint density at radius 3 is 1.89 bits per heavy atom. The summed E-state index contributed by atoms with van der Waals surface area (Å²) in [5, 5.41) is 2.79. The lowest BCUT2D eigenvalue weighted by Gasteiger charge is -2.18. The zero-order chi connectivity index (χ0) is 33.2. The van der Waals surface area contributed by atoms with Gasteiger partial charge in [0.25, 0.3) is 0 Å². The third kappa shape index (κ3) is 19.6. The summed E-state index contributed by atoms with van der Waals surface area (Å²) in [4.78, 5) is 43.1. The van der Waals surface area contributed by atoms with E-state index in [9.17, 15) is 9.59 Å². The lowest BCUT2D eigenvalue weighted by atomic mass is 10.0. The molecule has 3 aromatic carbocycles. The summed E-state index contributed by atoms with van der Waals surface area (Å²) in [6.07, 6.45) is 3.04. The fraction of sp³-hybridized carbons (Fsp3) is 0.405. The summed E-state index contributed by atoms with van der Waals surface area (Å²) in [7, 11) is 1.70. The number of imidazole rings is 1. The van der Waals surface area contributed by atoms with E-state index in [1.54, 1.807) is 14.0 Å². The Balaban J connectivity index is 0. The number of hydrogen-bond acceptors (Lipinski definition) is 6. The first-order valence-corrected chi connectivity index (χ1v) is 15.1. The highest BCUT2D eigenvalue weighted by Crippen LogP contribution is 2.10. The number of para-hydroxylation sites is 2. The fourth-order valence-electron chi connectivity index (χ4n) is 3.41. The van der Waals surface area contributed by atoms with E-state index in [4.69, 9.17) is 14.4 Å². The second kappa shape index (κ2) is 27.3. The number of amides is 1. The second-order valence-electron chi connectivity index (χ2n) is 9.85. The van der Waals surface area contributed by atoms with Crippen molar-refractivity contribution in [3.63, 3.8) is 0 Å². The van der Waals surface area contributed by atoms with Crippen LogP contribution in [0.5, 0.6) is 0 Å². The maximum atomic E-state index is 12.7. The van der Waals surface area contributed by atoms with Crippen molar-refractivity contribution in [2.45, 2.75) is 81.4 Å². The van der Waals surface area contributed by atoms with E-state index >= 15 is 0 Å². The van der Waals surface area contributed by atoms with E-state index in [1.165, 1.54) is 23.5 Å². The van der Waals surface area contributed by atoms with Gasteiger partial charge < -0.3 is 19.7 Å². The van der Waals surface area contributed by atoms with Gasteiger partial charge in [0, 0.05) is 13.5 Å². The lowest BCUT2D eigenvalue weighted by molar-refractivity contribution is -0.130. The SMILES string of the molecule is C.CC.CC(C)C.CC=O.CCC(=O)NC(Cc1ccccc1)C(=O)COn1cnc2ccccc21.COCc1ccccc1. The molecule has 1 unspecified atom stereocenters. The number of fused-ring (bicyclic) bond motifs is 1. The predicted molar refractivity (Wildman–Crippen MR) is 186 cm³/mol. The van der Waals surface area contributed by atoms with Crippen LogP contribution in [0.1, 0.15) is 73.4 Å². The molecule has 45 heavy (non-hydrogen) atoms.